The zero-order valence-corrected chi connectivity index (χ0v) is 12.9. The molecule has 0 bridgehead atoms. The summed E-state index contributed by atoms with van der Waals surface area (Å²) in [6.07, 6.45) is 4.30. The Morgan fingerprint density at radius 1 is 1.00 bits per heavy atom. The minimum atomic E-state index is -0.618. The fraction of sp³-hybridized carbons (Fsp3) is 0.429. The van der Waals surface area contributed by atoms with Gasteiger partial charge in [-0.25, -0.2) is 9.37 Å². The second-order valence-electron chi connectivity index (χ2n) is 5.84. The van der Waals surface area contributed by atoms with Gasteiger partial charge in [0.25, 0.3) is 0 Å². The van der Waals surface area contributed by atoms with E-state index in [-0.39, 0.29) is 22.4 Å². The Morgan fingerprint density at radius 3 is 2.09 bits per heavy atom. The van der Waals surface area contributed by atoms with Crippen molar-refractivity contribution in [2.75, 3.05) is 16.4 Å². The van der Waals surface area contributed by atoms with E-state index in [0.29, 0.717) is 24.0 Å². The molecule has 0 unspecified atom stereocenters. The molecule has 0 aliphatic heterocycles. The minimum Gasteiger partial charge on any atom is -0.396 e. The highest BCUT2D eigenvalue weighted by Gasteiger charge is 2.26. The molecule has 2 fully saturated rings. The van der Waals surface area contributed by atoms with Crippen LogP contribution >= 0.6 is 11.6 Å². The third-order valence-corrected chi connectivity index (χ3v) is 3.93. The van der Waals surface area contributed by atoms with Crippen LogP contribution in [0, 0.1) is 5.82 Å². The molecule has 4 rings (SSSR count). The van der Waals surface area contributed by atoms with Crippen LogP contribution in [0.2, 0.25) is 5.15 Å². The molecule has 2 heterocycles. The Balaban J connectivity index is 1.74. The number of aromatic nitrogens is 4. The van der Waals surface area contributed by atoms with E-state index < -0.39 is 5.82 Å². The van der Waals surface area contributed by atoms with E-state index in [9.17, 15) is 4.39 Å². The lowest BCUT2D eigenvalue weighted by atomic mass is 10.3. The third kappa shape index (κ3) is 3.26. The van der Waals surface area contributed by atoms with Crippen molar-refractivity contribution in [3.05, 3.63) is 17.0 Å². The van der Waals surface area contributed by atoms with Gasteiger partial charge in [-0.2, -0.15) is 15.0 Å². The number of rotatable bonds is 5. The van der Waals surface area contributed by atoms with Crippen LogP contribution in [0.1, 0.15) is 25.7 Å². The summed E-state index contributed by atoms with van der Waals surface area (Å²) in [5.74, 6) is 0.336. The fourth-order valence-electron chi connectivity index (χ4n) is 2.07. The Bertz CT molecular complexity index is 729. The number of hydrogen-bond donors (Lipinski definition) is 3. The van der Waals surface area contributed by atoms with Crippen LogP contribution in [0.25, 0.3) is 11.5 Å². The van der Waals surface area contributed by atoms with E-state index in [4.69, 9.17) is 17.3 Å². The van der Waals surface area contributed by atoms with Crippen molar-refractivity contribution in [2.24, 2.45) is 0 Å². The van der Waals surface area contributed by atoms with Gasteiger partial charge in [-0.15, -0.1) is 0 Å². The number of anilines is 3. The maximum absolute atomic E-state index is 14.2. The predicted molar refractivity (Wildman–Crippen MR) is 85.7 cm³/mol. The van der Waals surface area contributed by atoms with Gasteiger partial charge in [0.2, 0.25) is 11.9 Å². The van der Waals surface area contributed by atoms with Crippen LogP contribution in [0.4, 0.5) is 22.0 Å². The lowest BCUT2D eigenvalue weighted by Gasteiger charge is -2.10. The maximum atomic E-state index is 14.2. The van der Waals surface area contributed by atoms with E-state index in [1.807, 2.05) is 0 Å². The van der Waals surface area contributed by atoms with E-state index >= 15 is 0 Å². The summed E-state index contributed by atoms with van der Waals surface area (Å²) in [4.78, 5) is 16.8. The SMILES string of the molecule is Nc1cc(F)c(-c2nc(NC3CC3)nc(NC3CC3)n2)nc1Cl. The summed E-state index contributed by atoms with van der Waals surface area (Å²) in [5.41, 5.74) is 5.60. The third-order valence-electron chi connectivity index (χ3n) is 3.62. The molecule has 0 aromatic carbocycles. The van der Waals surface area contributed by atoms with Gasteiger partial charge >= 0.3 is 0 Å². The summed E-state index contributed by atoms with van der Waals surface area (Å²) >= 11 is 5.90. The quantitative estimate of drug-likeness (QED) is 0.721. The van der Waals surface area contributed by atoms with Crippen molar-refractivity contribution >= 4 is 29.2 Å². The average molecular weight is 336 g/mol. The van der Waals surface area contributed by atoms with Crippen LogP contribution in [-0.2, 0) is 0 Å². The molecule has 2 saturated carbocycles. The maximum Gasteiger partial charge on any atom is 0.228 e. The lowest BCUT2D eigenvalue weighted by molar-refractivity contribution is 0.625. The van der Waals surface area contributed by atoms with Crippen LogP contribution < -0.4 is 16.4 Å². The minimum absolute atomic E-state index is 0.0233. The van der Waals surface area contributed by atoms with Crippen molar-refractivity contribution in [3.63, 3.8) is 0 Å². The molecule has 0 amide bonds. The Labute approximate surface area is 136 Å². The molecule has 2 aromatic heterocycles. The molecule has 7 nitrogen and oxygen atoms in total. The first-order valence-corrected chi connectivity index (χ1v) is 7.87. The normalized spacial score (nSPS) is 17.1. The lowest BCUT2D eigenvalue weighted by Crippen LogP contribution is -2.13. The number of nitrogens with one attached hydrogen (secondary N) is 2. The highest BCUT2D eigenvalue weighted by molar-refractivity contribution is 6.31. The van der Waals surface area contributed by atoms with Gasteiger partial charge in [0.1, 0.15) is 5.69 Å². The van der Waals surface area contributed by atoms with Crippen molar-refractivity contribution in [1.82, 2.24) is 19.9 Å². The van der Waals surface area contributed by atoms with Gasteiger partial charge in [-0.05, 0) is 25.7 Å². The second-order valence-corrected chi connectivity index (χ2v) is 6.20. The molecular weight excluding hydrogens is 321 g/mol. The molecule has 120 valence electrons. The molecule has 2 aliphatic carbocycles. The molecule has 2 aromatic rings. The molecule has 0 saturated heterocycles. The molecular formula is C14H15ClFN7. The van der Waals surface area contributed by atoms with Crippen LogP contribution in [-0.4, -0.2) is 32.0 Å². The topological polar surface area (TPSA) is 102 Å². The number of nitrogen functional groups attached to an aromatic ring is 1. The largest absolute Gasteiger partial charge is 0.396 e. The summed E-state index contributed by atoms with van der Waals surface area (Å²) in [7, 11) is 0. The number of nitrogens with zero attached hydrogens (tertiary/aromatic N) is 4. The molecule has 0 spiro atoms. The van der Waals surface area contributed by atoms with Crippen LogP contribution in [0.3, 0.4) is 0 Å². The molecule has 4 N–H and O–H groups in total. The Hall–Kier alpha value is -2.22. The molecule has 2 aliphatic rings. The van der Waals surface area contributed by atoms with E-state index in [1.165, 1.54) is 0 Å². The van der Waals surface area contributed by atoms with Crippen molar-refractivity contribution in [1.29, 1.82) is 0 Å². The number of pyridine rings is 1. The van der Waals surface area contributed by atoms with Crippen LogP contribution in [0.5, 0.6) is 0 Å². The molecule has 0 atom stereocenters. The van der Waals surface area contributed by atoms with Crippen molar-refractivity contribution in [2.45, 2.75) is 37.8 Å². The fourth-order valence-corrected chi connectivity index (χ4v) is 2.21. The van der Waals surface area contributed by atoms with Gasteiger partial charge in [-0.1, -0.05) is 11.6 Å². The van der Waals surface area contributed by atoms with Gasteiger partial charge in [0.15, 0.2) is 16.8 Å². The first-order valence-electron chi connectivity index (χ1n) is 7.49. The molecule has 0 radical (unpaired) electrons. The first-order chi connectivity index (χ1) is 11.1. The second kappa shape index (κ2) is 5.45. The standard InChI is InChI=1S/C14H15ClFN7/c15-11-9(17)5-8(16)10(20-11)12-21-13(18-6-1-2-6)23-14(22-12)19-7-3-4-7/h5-7H,1-4,17H2,(H2,18,19,21,22,23). The van der Waals surface area contributed by atoms with Gasteiger partial charge in [-0.3, -0.25) is 0 Å². The number of hydrogen-bond acceptors (Lipinski definition) is 7. The monoisotopic (exact) mass is 335 g/mol. The number of halogens is 2. The molecule has 23 heavy (non-hydrogen) atoms. The predicted octanol–water partition coefficient (Wildman–Crippen LogP) is 2.46. The smallest absolute Gasteiger partial charge is 0.228 e. The van der Waals surface area contributed by atoms with Gasteiger partial charge in [0, 0.05) is 18.2 Å². The van der Waals surface area contributed by atoms with Crippen LogP contribution in [0.15, 0.2) is 6.07 Å². The molecule has 9 heteroatoms. The average Bonchev–Trinajstić information content (AvgIpc) is 3.39. The summed E-state index contributed by atoms with van der Waals surface area (Å²) in [6, 6.07) is 1.86. The zero-order valence-electron chi connectivity index (χ0n) is 12.2. The van der Waals surface area contributed by atoms with E-state index in [2.05, 4.69) is 30.6 Å². The first kappa shape index (κ1) is 14.4. The van der Waals surface area contributed by atoms with E-state index in [1.54, 1.807) is 0 Å². The highest BCUT2D eigenvalue weighted by Crippen LogP contribution is 2.29. The van der Waals surface area contributed by atoms with Crippen molar-refractivity contribution in [3.8, 4) is 11.5 Å². The summed E-state index contributed by atoms with van der Waals surface area (Å²) in [5, 5.41) is 6.41. The van der Waals surface area contributed by atoms with E-state index in [0.717, 1.165) is 31.7 Å². The summed E-state index contributed by atoms with van der Waals surface area (Å²) < 4.78 is 14.2. The van der Waals surface area contributed by atoms with Crippen molar-refractivity contribution < 1.29 is 4.39 Å². The zero-order chi connectivity index (χ0) is 16.0. The number of nitrogens with two attached hydrogens (primary N) is 1. The Morgan fingerprint density at radius 2 is 1.57 bits per heavy atom. The van der Waals surface area contributed by atoms with Gasteiger partial charge < -0.3 is 16.4 Å². The Kier molecular flexibility index (Phi) is 3.41. The summed E-state index contributed by atoms with van der Waals surface area (Å²) in [6.45, 7) is 0. The highest BCUT2D eigenvalue weighted by atomic mass is 35.5. The van der Waals surface area contributed by atoms with Gasteiger partial charge in [0.05, 0.1) is 5.69 Å².